The average Bonchev–Trinajstić information content (AvgIpc) is 3.31. The normalized spacial score (nSPS) is 17.7. The number of nitrogens with zero attached hydrogens (tertiary/aromatic N) is 1. The third-order valence-electron chi connectivity index (χ3n) is 4.14. The predicted molar refractivity (Wildman–Crippen MR) is 83.6 cm³/mol. The van der Waals surface area contributed by atoms with Crippen LogP contribution in [0.2, 0.25) is 5.02 Å². The SMILES string of the molecule is O=CC(C1(c2ccc(Cl)cc2)CC1)S(=O)(=O)c1ccccn1. The molecule has 0 spiro atoms. The summed E-state index contributed by atoms with van der Waals surface area (Å²) < 4.78 is 25.5. The molecule has 1 heterocycles. The third kappa shape index (κ3) is 2.44. The molecule has 0 aliphatic heterocycles. The molecule has 1 aromatic carbocycles. The van der Waals surface area contributed by atoms with Gasteiger partial charge in [-0.25, -0.2) is 13.4 Å². The Morgan fingerprint density at radius 2 is 1.82 bits per heavy atom. The van der Waals surface area contributed by atoms with E-state index in [0.29, 0.717) is 24.2 Å². The van der Waals surface area contributed by atoms with Crippen LogP contribution in [-0.4, -0.2) is 24.9 Å². The molecule has 1 saturated carbocycles. The highest BCUT2D eigenvalue weighted by Gasteiger charge is 2.56. The van der Waals surface area contributed by atoms with Gasteiger partial charge in [-0.2, -0.15) is 0 Å². The fraction of sp³-hybridized carbons (Fsp3) is 0.250. The largest absolute Gasteiger partial charge is 0.302 e. The van der Waals surface area contributed by atoms with E-state index in [1.807, 2.05) is 0 Å². The number of hydrogen-bond acceptors (Lipinski definition) is 4. The number of rotatable bonds is 5. The molecular formula is C16H14ClNO3S. The maximum Gasteiger partial charge on any atom is 0.206 e. The molecule has 1 aliphatic carbocycles. The van der Waals surface area contributed by atoms with Crippen LogP contribution in [0, 0.1) is 0 Å². The minimum atomic E-state index is -3.82. The highest BCUT2D eigenvalue weighted by atomic mass is 35.5. The Morgan fingerprint density at radius 3 is 2.32 bits per heavy atom. The lowest BCUT2D eigenvalue weighted by Gasteiger charge is -2.22. The van der Waals surface area contributed by atoms with Crippen LogP contribution in [0.3, 0.4) is 0 Å². The molecule has 1 aliphatic rings. The zero-order valence-corrected chi connectivity index (χ0v) is 13.2. The number of sulfone groups is 1. The molecule has 1 aromatic heterocycles. The molecule has 22 heavy (non-hydrogen) atoms. The van der Waals surface area contributed by atoms with E-state index in [9.17, 15) is 13.2 Å². The van der Waals surface area contributed by atoms with Gasteiger partial charge in [-0.3, -0.25) is 0 Å². The van der Waals surface area contributed by atoms with Crippen molar-refractivity contribution >= 4 is 27.7 Å². The van der Waals surface area contributed by atoms with Crippen molar-refractivity contribution in [2.75, 3.05) is 0 Å². The first kappa shape index (κ1) is 15.2. The van der Waals surface area contributed by atoms with E-state index >= 15 is 0 Å². The second kappa shape index (κ2) is 5.48. The van der Waals surface area contributed by atoms with E-state index in [2.05, 4.69) is 4.98 Å². The van der Waals surface area contributed by atoms with Crippen LogP contribution in [0.4, 0.5) is 0 Å². The van der Waals surface area contributed by atoms with Crippen LogP contribution in [0.15, 0.2) is 53.7 Å². The maximum absolute atomic E-state index is 12.8. The molecule has 3 rings (SSSR count). The number of aldehydes is 1. The van der Waals surface area contributed by atoms with E-state index in [1.54, 1.807) is 36.4 Å². The maximum atomic E-state index is 12.8. The van der Waals surface area contributed by atoms with Gasteiger partial charge in [-0.15, -0.1) is 0 Å². The van der Waals surface area contributed by atoms with Crippen molar-refractivity contribution in [3.05, 3.63) is 59.2 Å². The first-order valence-electron chi connectivity index (χ1n) is 6.87. The predicted octanol–water partition coefficient (Wildman–Crippen LogP) is 2.81. The molecule has 1 fully saturated rings. The minimum Gasteiger partial charge on any atom is -0.302 e. The zero-order valence-electron chi connectivity index (χ0n) is 11.6. The number of carbonyl (C=O) groups excluding carboxylic acids is 1. The molecule has 0 N–H and O–H groups in total. The average molecular weight is 336 g/mol. The van der Waals surface area contributed by atoms with E-state index in [4.69, 9.17) is 11.6 Å². The molecule has 0 amide bonds. The van der Waals surface area contributed by atoms with Gasteiger partial charge in [0, 0.05) is 16.6 Å². The standard InChI is InChI=1S/C16H14ClNO3S/c17-13-6-4-12(5-7-13)16(8-9-16)14(11-19)22(20,21)15-3-1-2-10-18-15/h1-7,10-11,14H,8-9H2. The smallest absolute Gasteiger partial charge is 0.206 e. The quantitative estimate of drug-likeness (QED) is 0.788. The van der Waals surface area contributed by atoms with Crippen LogP contribution in [0.5, 0.6) is 0 Å². The van der Waals surface area contributed by atoms with E-state index < -0.39 is 20.5 Å². The topological polar surface area (TPSA) is 64.1 Å². The number of aromatic nitrogens is 1. The number of carbonyl (C=O) groups is 1. The van der Waals surface area contributed by atoms with Crippen LogP contribution >= 0.6 is 11.6 Å². The van der Waals surface area contributed by atoms with Crippen molar-refractivity contribution in [3.8, 4) is 0 Å². The van der Waals surface area contributed by atoms with E-state index in [0.717, 1.165) is 5.56 Å². The number of benzene rings is 1. The minimum absolute atomic E-state index is 0.0626. The number of pyridine rings is 1. The van der Waals surface area contributed by atoms with Crippen molar-refractivity contribution in [3.63, 3.8) is 0 Å². The van der Waals surface area contributed by atoms with Gasteiger partial charge in [0.15, 0.2) is 5.03 Å². The van der Waals surface area contributed by atoms with Gasteiger partial charge in [0.2, 0.25) is 9.84 Å². The number of hydrogen-bond donors (Lipinski definition) is 0. The summed E-state index contributed by atoms with van der Waals surface area (Å²) in [5.41, 5.74) is 0.163. The molecule has 1 atom stereocenters. The first-order chi connectivity index (χ1) is 10.5. The zero-order chi connectivity index (χ0) is 15.8. The summed E-state index contributed by atoms with van der Waals surface area (Å²) in [7, 11) is -3.82. The number of halogens is 1. The second-order valence-electron chi connectivity index (χ2n) is 5.43. The lowest BCUT2D eigenvalue weighted by molar-refractivity contribution is -0.108. The summed E-state index contributed by atoms with van der Waals surface area (Å²) in [6.07, 6.45) is 3.26. The monoisotopic (exact) mass is 335 g/mol. The van der Waals surface area contributed by atoms with E-state index in [1.165, 1.54) is 12.3 Å². The van der Waals surface area contributed by atoms with Gasteiger partial charge in [0.1, 0.15) is 11.5 Å². The highest BCUT2D eigenvalue weighted by Crippen LogP contribution is 2.53. The molecular weight excluding hydrogens is 322 g/mol. The van der Waals surface area contributed by atoms with Gasteiger partial charge in [-0.1, -0.05) is 29.8 Å². The van der Waals surface area contributed by atoms with Crippen molar-refractivity contribution in [2.45, 2.75) is 28.5 Å². The van der Waals surface area contributed by atoms with Crippen LogP contribution < -0.4 is 0 Å². The molecule has 0 saturated heterocycles. The summed E-state index contributed by atoms with van der Waals surface area (Å²) in [6.45, 7) is 0. The summed E-state index contributed by atoms with van der Waals surface area (Å²) >= 11 is 5.88. The Morgan fingerprint density at radius 1 is 1.14 bits per heavy atom. The molecule has 4 nitrogen and oxygen atoms in total. The fourth-order valence-electron chi connectivity index (χ4n) is 2.80. The van der Waals surface area contributed by atoms with Crippen molar-refractivity contribution in [2.24, 2.45) is 0 Å². The second-order valence-corrected chi connectivity index (χ2v) is 7.89. The Hall–Kier alpha value is -1.72. The summed E-state index contributed by atoms with van der Waals surface area (Å²) in [6, 6.07) is 11.7. The fourth-order valence-corrected chi connectivity index (χ4v) is 4.77. The van der Waals surface area contributed by atoms with Gasteiger partial charge < -0.3 is 4.79 Å². The molecule has 1 unspecified atom stereocenters. The third-order valence-corrected chi connectivity index (χ3v) is 6.45. The first-order valence-corrected chi connectivity index (χ1v) is 8.79. The molecule has 0 radical (unpaired) electrons. The molecule has 2 aromatic rings. The van der Waals surface area contributed by atoms with Crippen molar-refractivity contribution in [1.82, 2.24) is 4.98 Å². The lowest BCUT2D eigenvalue weighted by Crippen LogP contribution is -2.36. The Bertz CT molecular complexity index is 784. The van der Waals surface area contributed by atoms with Crippen molar-refractivity contribution in [1.29, 1.82) is 0 Å². The van der Waals surface area contributed by atoms with Crippen LogP contribution in [-0.2, 0) is 20.0 Å². The highest BCUT2D eigenvalue weighted by molar-refractivity contribution is 7.92. The van der Waals surface area contributed by atoms with Gasteiger partial charge in [0.25, 0.3) is 0 Å². The van der Waals surface area contributed by atoms with Gasteiger partial charge in [-0.05, 0) is 42.7 Å². The molecule has 0 bridgehead atoms. The van der Waals surface area contributed by atoms with Crippen molar-refractivity contribution < 1.29 is 13.2 Å². The van der Waals surface area contributed by atoms with Gasteiger partial charge >= 0.3 is 0 Å². The summed E-state index contributed by atoms with van der Waals surface area (Å²) in [5.74, 6) is 0. The summed E-state index contributed by atoms with van der Waals surface area (Å²) in [4.78, 5) is 15.5. The lowest BCUT2D eigenvalue weighted by atomic mass is 9.93. The van der Waals surface area contributed by atoms with Gasteiger partial charge in [0.05, 0.1) is 0 Å². The van der Waals surface area contributed by atoms with Crippen LogP contribution in [0.25, 0.3) is 0 Å². The van der Waals surface area contributed by atoms with E-state index in [-0.39, 0.29) is 5.03 Å². The Kier molecular flexibility index (Phi) is 3.78. The Balaban J connectivity index is 2.05. The Labute approximate surface area is 134 Å². The molecule has 6 heteroatoms. The molecule has 114 valence electrons. The van der Waals surface area contributed by atoms with Crippen LogP contribution in [0.1, 0.15) is 18.4 Å². The summed E-state index contributed by atoms with van der Waals surface area (Å²) in [5, 5.41) is -0.613.